The van der Waals surface area contributed by atoms with E-state index in [9.17, 15) is 0 Å². The highest BCUT2D eigenvalue weighted by Gasteiger charge is 2.38. The quantitative estimate of drug-likeness (QED) is 0.181. The van der Waals surface area contributed by atoms with Crippen molar-refractivity contribution in [3.8, 4) is 27.9 Å². The number of nitrogens with one attached hydrogen (secondary N) is 1. The molecule has 5 heteroatoms. The molecule has 0 saturated carbocycles. The number of thiophene rings is 1. The number of furan rings is 1. The molecule has 0 unspecified atom stereocenters. The van der Waals surface area contributed by atoms with E-state index in [4.69, 9.17) is 4.42 Å². The molecule has 13 rings (SSSR count). The van der Waals surface area contributed by atoms with Gasteiger partial charge < -0.3 is 14.3 Å². The molecule has 1 aliphatic carbocycles. The Morgan fingerprint density at radius 1 is 0.617 bits per heavy atom. The zero-order valence-electron chi connectivity index (χ0n) is 34.2. The van der Waals surface area contributed by atoms with Gasteiger partial charge in [-0.2, -0.15) is 0 Å². The van der Waals surface area contributed by atoms with Crippen molar-refractivity contribution in [2.75, 3.05) is 5.32 Å². The fraction of sp³-hybridized carbons (Fsp3) is 0.127. The second kappa shape index (κ2) is 11.8. The molecule has 2 aliphatic rings. The summed E-state index contributed by atoms with van der Waals surface area (Å²) in [4.78, 5) is 0. The zero-order chi connectivity index (χ0) is 40.2. The van der Waals surface area contributed by atoms with Crippen LogP contribution in [0.1, 0.15) is 51.3 Å². The van der Waals surface area contributed by atoms with Gasteiger partial charge in [0.25, 0.3) is 0 Å². The number of rotatable bonds is 3. The maximum atomic E-state index is 6.80. The van der Waals surface area contributed by atoms with E-state index in [0.717, 1.165) is 44.2 Å². The van der Waals surface area contributed by atoms with E-state index in [1.165, 1.54) is 86.6 Å². The van der Waals surface area contributed by atoms with E-state index < -0.39 is 0 Å². The Balaban J connectivity index is 1.12. The highest BCUT2D eigenvalue weighted by Crippen LogP contribution is 2.50. The Labute approximate surface area is 353 Å². The van der Waals surface area contributed by atoms with Gasteiger partial charge in [-0.3, -0.25) is 0 Å². The second-order valence-corrected chi connectivity index (χ2v) is 19.5. The van der Waals surface area contributed by atoms with Gasteiger partial charge in [0.15, 0.2) is 7.28 Å². The number of anilines is 2. The molecule has 1 radical (unpaired) electrons. The molecule has 3 nitrogen and oxygen atoms in total. The van der Waals surface area contributed by atoms with Crippen LogP contribution in [-0.2, 0) is 10.8 Å². The summed E-state index contributed by atoms with van der Waals surface area (Å²) >= 11 is 1.87. The maximum absolute atomic E-state index is 6.80. The average molecular weight is 788 g/mol. The number of para-hydroxylation sites is 1. The van der Waals surface area contributed by atoms with Crippen molar-refractivity contribution in [3.63, 3.8) is 0 Å². The minimum atomic E-state index is -0.123. The molecule has 1 N–H and O–H groups in total. The monoisotopic (exact) mass is 787 g/mol. The third kappa shape index (κ3) is 4.61. The number of hydrogen-bond donors (Lipinski definition) is 1. The zero-order valence-corrected chi connectivity index (χ0v) is 35.0. The van der Waals surface area contributed by atoms with E-state index in [1.807, 2.05) is 11.3 Å². The molecule has 285 valence electrons. The number of aromatic nitrogens is 1. The topological polar surface area (TPSA) is 30.1 Å². The van der Waals surface area contributed by atoms with E-state index in [0.29, 0.717) is 0 Å². The van der Waals surface area contributed by atoms with Crippen LogP contribution in [0.3, 0.4) is 0 Å². The molecule has 0 amide bonds. The van der Waals surface area contributed by atoms with Gasteiger partial charge in [-0.1, -0.05) is 131 Å². The number of fused-ring (bicyclic) bond motifs is 15. The SMILES string of the molecule is CC(C)(C)c1ccc(Nc2cc3c(cc2-c2ccc4c5c6oc7ccccc7c6ccc5n5c4c2[B]c2cc4c(cc2-5)C(C)(C)c2ccccc2-4)sc2ccccc23)cc1. The van der Waals surface area contributed by atoms with Crippen molar-refractivity contribution in [1.29, 1.82) is 0 Å². The summed E-state index contributed by atoms with van der Waals surface area (Å²) in [5.41, 5.74) is 19.1. The van der Waals surface area contributed by atoms with Gasteiger partial charge in [0.05, 0.1) is 10.9 Å². The van der Waals surface area contributed by atoms with Gasteiger partial charge in [0.1, 0.15) is 11.2 Å². The first-order valence-corrected chi connectivity index (χ1v) is 21.8. The molecule has 0 spiro atoms. The normalized spacial score (nSPS) is 14.0. The van der Waals surface area contributed by atoms with Crippen LogP contribution in [-0.4, -0.2) is 11.8 Å². The Morgan fingerprint density at radius 3 is 2.23 bits per heavy atom. The van der Waals surface area contributed by atoms with Gasteiger partial charge >= 0.3 is 0 Å². The summed E-state index contributed by atoms with van der Waals surface area (Å²) in [5.74, 6) is 0. The van der Waals surface area contributed by atoms with Crippen molar-refractivity contribution in [1.82, 2.24) is 4.57 Å². The summed E-state index contributed by atoms with van der Waals surface area (Å²) in [6, 6.07) is 54.2. The van der Waals surface area contributed by atoms with Gasteiger partial charge in [0.2, 0.25) is 0 Å². The average Bonchev–Trinajstić information content (AvgIpc) is 3.97. The first-order chi connectivity index (χ1) is 29.1. The number of hydrogen-bond acceptors (Lipinski definition) is 3. The fourth-order valence-corrected chi connectivity index (χ4v) is 11.7. The fourth-order valence-electron chi connectivity index (χ4n) is 10.6. The van der Waals surface area contributed by atoms with E-state index >= 15 is 0 Å². The summed E-state index contributed by atoms with van der Waals surface area (Å²) in [7, 11) is 2.47. The molecule has 1 aliphatic heterocycles. The van der Waals surface area contributed by atoms with Crippen LogP contribution in [0.2, 0.25) is 0 Å². The summed E-state index contributed by atoms with van der Waals surface area (Å²) in [6.07, 6.45) is 0. The van der Waals surface area contributed by atoms with Crippen LogP contribution in [0.25, 0.3) is 91.9 Å². The Bertz CT molecular complexity index is 3670. The Kier molecular flexibility index (Phi) is 6.75. The van der Waals surface area contributed by atoms with E-state index in [1.54, 1.807) is 0 Å². The summed E-state index contributed by atoms with van der Waals surface area (Å²) in [5, 5.41) is 11.2. The first-order valence-electron chi connectivity index (χ1n) is 21.0. The molecular formula is C55H40BN2OS. The van der Waals surface area contributed by atoms with Crippen molar-refractivity contribution in [2.24, 2.45) is 0 Å². The lowest BCUT2D eigenvalue weighted by Gasteiger charge is -2.27. The van der Waals surface area contributed by atoms with Crippen LogP contribution in [0, 0.1) is 0 Å². The van der Waals surface area contributed by atoms with Crippen LogP contribution in [0.15, 0.2) is 150 Å². The largest absolute Gasteiger partial charge is 0.455 e. The predicted molar refractivity (Wildman–Crippen MR) is 257 cm³/mol. The molecule has 60 heavy (non-hydrogen) atoms. The predicted octanol–water partition coefficient (Wildman–Crippen LogP) is 14.0. The lowest BCUT2D eigenvalue weighted by molar-refractivity contribution is 0.590. The second-order valence-electron chi connectivity index (χ2n) is 18.4. The lowest BCUT2D eigenvalue weighted by atomic mass is 9.58. The maximum Gasteiger partial charge on any atom is 0.197 e. The third-order valence-corrected chi connectivity index (χ3v) is 14.7. The highest BCUT2D eigenvalue weighted by molar-refractivity contribution is 7.25. The van der Waals surface area contributed by atoms with Crippen LogP contribution >= 0.6 is 11.3 Å². The molecule has 4 heterocycles. The van der Waals surface area contributed by atoms with Crippen LogP contribution in [0.4, 0.5) is 11.4 Å². The van der Waals surface area contributed by atoms with Gasteiger partial charge in [-0.25, -0.2) is 0 Å². The van der Waals surface area contributed by atoms with Gasteiger partial charge in [0, 0.05) is 69.9 Å². The van der Waals surface area contributed by atoms with Gasteiger partial charge in [-0.15, -0.1) is 11.3 Å². The summed E-state index contributed by atoms with van der Waals surface area (Å²) < 4.78 is 11.9. The molecule has 3 aromatic heterocycles. The molecular weight excluding hydrogens is 747 g/mol. The highest BCUT2D eigenvalue weighted by atomic mass is 32.1. The molecule has 8 aromatic carbocycles. The van der Waals surface area contributed by atoms with Crippen molar-refractivity contribution >= 4 is 105 Å². The van der Waals surface area contributed by atoms with E-state index in [-0.39, 0.29) is 10.8 Å². The minimum absolute atomic E-state index is 0.0761. The smallest absolute Gasteiger partial charge is 0.197 e. The standard InChI is InChI=1S/C55H40BN2OS/c1-54(2,3)30-18-20-31(21-19-30)57-44-27-40-34-14-8-11-17-48(34)60-49(40)28-39(44)35-22-23-37-50-45(25-24-36-33-13-7-10-16-47(33)59-53(36)50)58-46-29-42-38(26-43(46)56-51(35)52(37)58)32-12-6-9-15-41(32)55(42,4)5/h6-29,57H,1-5H3. The molecule has 11 aromatic rings. The Morgan fingerprint density at radius 2 is 1.38 bits per heavy atom. The third-order valence-electron chi connectivity index (χ3n) is 13.6. The van der Waals surface area contributed by atoms with Crippen molar-refractivity contribution in [2.45, 2.75) is 45.4 Å². The van der Waals surface area contributed by atoms with Crippen molar-refractivity contribution < 1.29 is 4.42 Å². The lowest BCUT2D eigenvalue weighted by Crippen LogP contribution is -2.37. The molecule has 0 bridgehead atoms. The first kappa shape index (κ1) is 34.3. The van der Waals surface area contributed by atoms with Crippen molar-refractivity contribution in [3.05, 3.63) is 162 Å². The molecule has 0 saturated heterocycles. The minimum Gasteiger partial charge on any atom is -0.455 e. The molecule has 0 atom stereocenters. The Hall–Kier alpha value is -6.56. The summed E-state index contributed by atoms with van der Waals surface area (Å²) in [6.45, 7) is 11.6. The number of benzene rings is 8. The number of nitrogens with zero attached hydrogens (tertiary/aromatic N) is 1. The van der Waals surface area contributed by atoms with Gasteiger partial charge in [-0.05, 0) is 98.9 Å². The van der Waals surface area contributed by atoms with Crippen LogP contribution in [0.5, 0.6) is 0 Å². The van der Waals surface area contributed by atoms with Crippen LogP contribution < -0.4 is 16.2 Å². The van der Waals surface area contributed by atoms with E-state index in [2.05, 4.69) is 197 Å². The molecule has 0 fully saturated rings.